The lowest BCUT2D eigenvalue weighted by molar-refractivity contribution is -0.136. The molecule has 0 aromatic heterocycles. The summed E-state index contributed by atoms with van der Waals surface area (Å²) in [7, 11) is 1.33. The van der Waals surface area contributed by atoms with Crippen LogP contribution in [-0.4, -0.2) is 30.8 Å². The molecule has 6 heteroatoms. The van der Waals surface area contributed by atoms with Crippen LogP contribution in [0.1, 0.15) is 52.4 Å². The minimum Gasteiger partial charge on any atom is -0.466 e. The molecule has 148 valence electrons. The van der Waals surface area contributed by atoms with E-state index in [0.717, 1.165) is 19.3 Å². The lowest BCUT2D eigenvalue weighted by atomic mass is 9.86. The van der Waals surface area contributed by atoms with Gasteiger partial charge < -0.3 is 9.84 Å². The van der Waals surface area contributed by atoms with Crippen molar-refractivity contribution in [1.82, 2.24) is 0 Å². The zero-order valence-electron chi connectivity index (χ0n) is 16.6. The fraction of sp³-hybridized carbons (Fsp3) is 0.571. The molecule has 1 aliphatic rings. The zero-order valence-corrected chi connectivity index (χ0v) is 16.6. The number of allylic oxidation sites excluding steroid dienone is 5. The molecule has 1 aliphatic carbocycles. The van der Waals surface area contributed by atoms with Crippen LogP contribution in [0.4, 0.5) is 0 Å². The van der Waals surface area contributed by atoms with E-state index in [2.05, 4.69) is 42.6 Å². The maximum atomic E-state index is 12.0. The van der Waals surface area contributed by atoms with Gasteiger partial charge in [0.2, 0.25) is 0 Å². The lowest BCUT2D eigenvalue weighted by Gasteiger charge is -2.23. The maximum absolute atomic E-state index is 12.0. The lowest BCUT2D eigenvalue weighted by Crippen LogP contribution is -2.22. The van der Waals surface area contributed by atoms with E-state index in [4.69, 9.17) is 10.3 Å². The van der Waals surface area contributed by atoms with E-state index < -0.39 is 12.1 Å². The molecule has 2 atom stereocenters. The fourth-order valence-corrected chi connectivity index (χ4v) is 3.14. The third-order valence-corrected chi connectivity index (χ3v) is 4.96. The van der Waals surface area contributed by atoms with Crippen LogP contribution in [0, 0.1) is 5.92 Å². The van der Waals surface area contributed by atoms with Crippen LogP contribution in [0.15, 0.2) is 52.2 Å². The number of carbonyl (C=O) groups is 1. The molecule has 1 N–H and O–H groups in total. The van der Waals surface area contributed by atoms with Gasteiger partial charge in [-0.05, 0) is 69.4 Å². The molecule has 0 spiro atoms. The van der Waals surface area contributed by atoms with Gasteiger partial charge in [-0.3, -0.25) is 0 Å². The van der Waals surface area contributed by atoms with E-state index in [-0.39, 0.29) is 12.5 Å². The molecule has 0 fully saturated rings. The normalized spacial score (nSPS) is 28.1. The van der Waals surface area contributed by atoms with E-state index in [9.17, 15) is 9.90 Å². The van der Waals surface area contributed by atoms with Crippen molar-refractivity contribution in [3.63, 3.8) is 0 Å². The molecule has 0 saturated heterocycles. The predicted octanol–water partition coefficient (Wildman–Crippen LogP) is 5.18. The zero-order chi connectivity index (χ0) is 20.2. The smallest absolute Gasteiger partial charge is 0.333 e. The Hall–Kier alpha value is -2.30. The van der Waals surface area contributed by atoms with E-state index in [1.165, 1.54) is 18.3 Å². The van der Waals surface area contributed by atoms with E-state index >= 15 is 0 Å². The number of carbonyl (C=O) groups excluding carboxylic acids is 1. The van der Waals surface area contributed by atoms with Crippen molar-refractivity contribution in [2.75, 3.05) is 13.7 Å². The van der Waals surface area contributed by atoms with Crippen LogP contribution < -0.4 is 0 Å². The summed E-state index contributed by atoms with van der Waals surface area (Å²) in [6.07, 6.45) is 9.98. The Kier molecular flexibility index (Phi) is 10.2. The third-order valence-electron chi connectivity index (χ3n) is 4.96. The van der Waals surface area contributed by atoms with Gasteiger partial charge >= 0.3 is 5.97 Å². The molecule has 0 radical (unpaired) electrons. The quantitative estimate of drug-likeness (QED) is 0.184. The molecule has 27 heavy (non-hydrogen) atoms. The van der Waals surface area contributed by atoms with Crippen molar-refractivity contribution >= 4 is 5.97 Å². The molecule has 0 bridgehead atoms. The number of methoxy groups -OCH3 is 1. The number of hydrogen-bond acceptors (Lipinski definition) is 4. The minimum absolute atomic E-state index is 0.112. The van der Waals surface area contributed by atoms with Gasteiger partial charge in [0, 0.05) is 17.0 Å². The Bertz CT molecular complexity index is 670. The number of esters is 1. The highest BCUT2D eigenvalue weighted by Crippen LogP contribution is 2.27. The molecule has 0 amide bonds. The van der Waals surface area contributed by atoms with Gasteiger partial charge in [-0.1, -0.05) is 41.1 Å². The Morgan fingerprint density at radius 1 is 1.33 bits per heavy atom. The van der Waals surface area contributed by atoms with Gasteiger partial charge in [0.1, 0.15) is 0 Å². The first-order valence-corrected chi connectivity index (χ1v) is 9.35. The summed E-state index contributed by atoms with van der Waals surface area (Å²) >= 11 is 0. The number of aliphatic hydroxyl groups is 1. The molecule has 0 aromatic carbocycles. The summed E-state index contributed by atoms with van der Waals surface area (Å²) in [4.78, 5) is 14.8. The number of aliphatic hydroxyl groups excluding tert-OH is 1. The summed E-state index contributed by atoms with van der Waals surface area (Å²) in [5.41, 5.74) is 12.2. The monoisotopic (exact) mass is 373 g/mol. The van der Waals surface area contributed by atoms with Gasteiger partial charge in [0.25, 0.3) is 0 Å². The first-order valence-electron chi connectivity index (χ1n) is 9.35. The van der Waals surface area contributed by atoms with Crippen molar-refractivity contribution in [3.8, 4) is 0 Å². The summed E-state index contributed by atoms with van der Waals surface area (Å²) in [6, 6.07) is 0. The average molecular weight is 373 g/mol. The van der Waals surface area contributed by atoms with Gasteiger partial charge in [0.15, 0.2) is 0 Å². The topological polar surface area (TPSA) is 95.3 Å². The second-order valence-corrected chi connectivity index (χ2v) is 7.05. The number of azide groups is 1. The molecule has 6 nitrogen and oxygen atoms in total. The number of ether oxygens (including phenoxy) is 1. The number of nitrogens with zero attached hydrogens (tertiary/aromatic N) is 3. The molecule has 0 heterocycles. The molecular formula is C21H31N3O3. The summed E-state index contributed by atoms with van der Waals surface area (Å²) in [5, 5.41) is 14.3. The van der Waals surface area contributed by atoms with Crippen molar-refractivity contribution in [3.05, 3.63) is 57.5 Å². The standard InChI is InChI=1S/C21H31N3O3/c1-15-7-5-8-16(2)11-12-18(17(3)21(26)27-4)13-20(25)19(10-6-9-15)14-23-24-22/h8-10,18,20,25H,3,5-7,11-14H2,1-2,4H3/b15-9+,16-8+,19-10+/t18-,20+/m0/s1. The van der Waals surface area contributed by atoms with Crippen molar-refractivity contribution < 1.29 is 14.6 Å². The number of rotatable bonds is 4. The summed E-state index contributed by atoms with van der Waals surface area (Å²) in [6.45, 7) is 8.19. The number of hydrogen-bond donors (Lipinski definition) is 1. The Balaban J connectivity index is 3.13. The molecule has 1 rings (SSSR count). The van der Waals surface area contributed by atoms with Crippen LogP contribution in [0.5, 0.6) is 0 Å². The highest BCUT2D eigenvalue weighted by Gasteiger charge is 2.24. The molecule has 0 aromatic rings. The first kappa shape index (κ1) is 22.7. The van der Waals surface area contributed by atoms with Gasteiger partial charge in [-0.25, -0.2) is 4.79 Å². The highest BCUT2D eigenvalue weighted by atomic mass is 16.5. The first-order chi connectivity index (χ1) is 12.9. The van der Waals surface area contributed by atoms with Crippen molar-refractivity contribution in [2.24, 2.45) is 11.0 Å². The van der Waals surface area contributed by atoms with Crippen molar-refractivity contribution in [1.29, 1.82) is 0 Å². The Morgan fingerprint density at radius 3 is 2.70 bits per heavy atom. The van der Waals surface area contributed by atoms with Crippen LogP contribution in [0.2, 0.25) is 0 Å². The second-order valence-electron chi connectivity index (χ2n) is 7.05. The Labute approximate surface area is 161 Å². The molecular weight excluding hydrogens is 342 g/mol. The SMILES string of the molecule is C=C(C(=O)OC)[C@H]1CC/C(C)=C/CC/C(C)=C/C/C=C(\CN=[N+]=[N-])[C@H](O)C1. The largest absolute Gasteiger partial charge is 0.466 e. The van der Waals surface area contributed by atoms with Gasteiger partial charge in [-0.2, -0.15) is 0 Å². The van der Waals surface area contributed by atoms with E-state index in [0.29, 0.717) is 30.4 Å². The molecule has 0 unspecified atom stereocenters. The Morgan fingerprint density at radius 2 is 2.04 bits per heavy atom. The summed E-state index contributed by atoms with van der Waals surface area (Å²) < 4.78 is 4.82. The average Bonchev–Trinajstić information content (AvgIpc) is 2.65. The molecule has 0 aliphatic heterocycles. The second kappa shape index (κ2) is 12.2. The van der Waals surface area contributed by atoms with Crippen LogP contribution in [-0.2, 0) is 9.53 Å². The van der Waals surface area contributed by atoms with Crippen LogP contribution in [0.25, 0.3) is 10.4 Å². The fourth-order valence-electron chi connectivity index (χ4n) is 3.14. The van der Waals surface area contributed by atoms with Crippen LogP contribution in [0.3, 0.4) is 0 Å². The summed E-state index contributed by atoms with van der Waals surface area (Å²) in [5.74, 6) is -0.653. The predicted molar refractivity (Wildman–Crippen MR) is 108 cm³/mol. The van der Waals surface area contributed by atoms with Gasteiger partial charge in [0.05, 0.1) is 13.2 Å². The highest BCUT2D eigenvalue weighted by molar-refractivity contribution is 5.88. The maximum Gasteiger partial charge on any atom is 0.333 e. The van der Waals surface area contributed by atoms with Crippen LogP contribution >= 0.6 is 0 Å². The third kappa shape index (κ3) is 8.29. The van der Waals surface area contributed by atoms with Gasteiger partial charge in [-0.15, -0.1) is 0 Å². The minimum atomic E-state index is -0.803. The van der Waals surface area contributed by atoms with Crippen molar-refractivity contribution in [2.45, 2.75) is 58.5 Å². The van der Waals surface area contributed by atoms with E-state index in [1.807, 2.05) is 6.08 Å². The van der Waals surface area contributed by atoms with E-state index in [1.54, 1.807) is 0 Å². The molecule has 0 saturated carbocycles.